The molecule has 41 heavy (non-hydrogen) atoms. The zero-order valence-electron chi connectivity index (χ0n) is 24.9. The Balaban J connectivity index is 2.12. The summed E-state index contributed by atoms with van der Waals surface area (Å²) in [6, 6.07) is 3.54. The molecule has 0 aromatic heterocycles. The van der Waals surface area contributed by atoms with Gasteiger partial charge in [-0.2, -0.15) is 0 Å². The Morgan fingerprint density at radius 3 is 1.88 bits per heavy atom. The summed E-state index contributed by atoms with van der Waals surface area (Å²) >= 11 is 0. The number of hydrogen-bond donors (Lipinski definition) is 2. The van der Waals surface area contributed by atoms with Crippen molar-refractivity contribution in [2.45, 2.75) is 117 Å². The van der Waals surface area contributed by atoms with Gasteiger partial charge in [-0.15, -0.1) is 0 Å². The highest BCUT2D eigenvalue weighted by Gasteiger charge is 2.59. The third-order valence-electron chi connectivity index (χ3n) is 9.08. The van der Waals surface area contributed by atoms with Gasteiger partial charge in [0, 0.05) is 23.8 Å². The Labute approximate surface area is 242 Å². The fourth-order valence-electron chi connectivity index (χ4n) is 6.42. The standard InChI is InChI=1S/C32H44O9/c1-6-7-8-9-14-31(2,3)19-15-24(40-28(38)12-10-26(34)35)30(25(16-19)41-29(39)13-11-27(36)37)20-17-23(33)22-18-21(20)32(22,4)5/h15-16,20-22H,6-14,17-18H2,1-5H3,(H,34,35)(H,36,37)/t20-,21-,22?/m0/s1. The maximum absolute atomic E-state index is 13.1. The summed E-state index contributed by atoms with van der Waals surface area (Å²) in [7, 11) is 0. The van der Waals surface area contributed by atoms with E-state index < -0.39 is 36.7 Å². The van der Waals surface area contributed by atoms with Crippen molar-refractivity contribution in [3.05, 3.63) is 23.3 Å². The second kappa shape index (κ2) is 13.2. The lowest BCUT2D eigenvalue weighted by Crippen LogP contribution is -2.56. The minimum Gasteiger partial charge on any atom is -0.481 e. The van der Waals surface area contributed by atoms with E-state index in [1.165, 1.54) is 0 Å². The zero-order valence-corrected chi connectivity index (χ0v) is 24.9. The molecule has 0 aliphatic heterocycles. The van der Waals surface area contributed by atoms with Crippen LogP contribution in [0.15, 0.2) is 12.1 Å². The normalized spacial score (nSPS) is 21.1. The molecule has 9 heteroatoms. The van der Waals surface area contributed by atoms with Crippen LogP contribution in [0, 0.1) is 17.3 Å². The van der Waals surface area contributed by atoms with Gasteiger partial charge in [-0.1, -0.05) is 60.3 Å². The lowest BCUT2D eigenvalue weighted by atomic mass is 9.44. The Bertz CT molecular complexity index is 1130. The number of hydrogen-bond acceptors (Lipinski definition) is 7. The summed E-state index contributed by atoms with van der Waals surface area (Å²) in [5.74, 6) is -3.64. The number of unbranched alkanes of at least 4 members (excludes halogenated alkanes) is 3. The zero-order chi connectivity index (χ0) is 30.5. The number of esters is 2. The largest absolute Gasteiger partial charge is 0.481 e. The van der Waals surface area contributed by atoms with Crippen molar-refractivity contribution in [2.75, 3.05) is 0 Å². The molecule has 0 heterocycles. The number of fused-ring (bicyclic) bond motifs is 2. The van der Waals surface area contributed by atoms with Crippen LogP contribution in [0.5, 0.6) is 11.5 Å². The third-order valence-corrected chi connectivity index (χ3v) is 9.08. The predicted molar refractivity (Wildman–Crippen MR) is 151 cm³/mol. The maximum atomic E-state index is 13.1. The molecule has 2 bridgehead atoms. The summed E-state index contributed by atoms with van der Waals surface area (Å²) in [5, 5.41) is 18.1. The average Bonchev–Trinajstić information content (AvgIpc) is 2.88. The lowest BCUT2D eigenvalue weighted by Gasteiger charge is -2.59. The van der Waals surface area contributed by atoms with Gasteiger partial charge in [0.05, 0.1) is 25.7 Å². The van der Waals surface area contributed by atoms with Gasteiger partial charge in [-0.3, -0.25) is 24.0 Å². The molecular weight excluding hydrogens is 528 g/mol. The summed E-state index contributed by atoms with van der Waals surface area (Å²) in [5.41, 5.74) is 0.534. The van der Waals surface area contributed by atoms with E-state index in [1.807, 2.05) is 13.8 Å². The van der Waals surface area contributed by atoms with E-state index >= 15 is 0 Å². The number of carboxylic acid groups (broad SMARTS) is 2. The van der Waals surface area contributed by atoms with Crippen LogP contribution >= 0.6 is 0 Å². The SMILES string of the molecule is CCCCCCC(C)(C)c1cc(OC(=O)CCC(=O)O)c([C@H]2CC(=O)C3C[C@@H]2C3(C)C)c(OC(=O)CCC(=O)O)c1. The Hall–Kier alpha value is -3.23. The first kappa shape index (κ1) is 32.3. The Morgan fingerprint density at radius 1 is 0.902 bits per heavy atom. The van der Waals surface area contributed by atoms with Gasteiger partial charge >= 0.3 is 23.9 Å². The summed E-state index contributed by atoms with van der Waals surface area (Å²) in [6.45, 7) is 10.3. The first-order valence-electron chi connectivity index (χ1n) is 14.7. The molecule has 1 aromatic rings. The van der Waals surface area contributed by atoms with E-state index in [0.717, 1.165) is 37.7 Å². The molecule has 9 nitrogen and oxygen atoms in total. The molecule has 3 aliphatic carbocycles. The van der Waals surface area contributed by atoms with Gasteiger partial charge in [0.1, 0.15) is 17.3 Å². The topological polar surface area (TPSA) is 144 Å². The summed E-state index contributed by atoms with van der Waals surface area (Å²) in [4.78, 5) is 61.0. The van der Waals surface area contributed by atoms with Crippen molar-refractivity contribution < 1.29 is 43.7 Å². The van der Waals surface area contributed by atoms with E-state index in [0.29, 0.717) is 12.0 Å². The molecule has 2 N–H and O–H groups in total. The first-order valence-corrected chi connectivity index (χ1v) is 14.7. The predicted octanol–water partition coefficient (Wildman–Crippen LogP) is 6.19. The van der Waals surface area contributed by atoms with Crippen LogP contribution in [0.2, 0.25) is 0 Å². The average molecular weight is 573 g/mol. The highest BCUT2D eigenvalue weighted by Crippen LogP contribution is 2.64. The molecule has 3 aliphatic rings. The molecular formula is C32H44O9. The number of carboxylic acids is 2. The van der Waals surface area contributed by atoms with E-state index in [1.54, 1.807) is 12.1 Å². The van der Waals surface area contributed by atoms with Crippen molar-refractivity contribution in [1.82, 2.24) is 0 Å². The maximum Gasteiger partial charge on any atom is 0.311 e. The van der Waals surface area contributed by atoms with E-state index in [2.05, 4.69) is 20.8 Å². The van der Waals surface area contributed by atoms with Crippen molar-refractivity contribution in [1.29, 1.82) is 0 Å². The second-order valence-corrected chi connectivity index (χ2v) is 12.8. The highest BCUT2D eigenvalue weighted by molar-refractivity contribution is 5.87. The molecule has 0 radical (unpaired) electrons. The number of benzene rings is 1. The highest BCUT2D eigenvalue weighted by atomic mass is 16.5. The van der Waals surface area contributed by atoms with Gasteiger partial charge in [0.25, 0.3) is 0 Å². The van der Waals surface area contributed by atoms with Gasteiger partial charge in [-0.05, 0) is 47.3 Å². The number of ketones is 1. The monoisotopic (exact) mass is 572 g/mol. The van der Waals surface area contributed by atoms with Crippen molar-refractivity contribution in [3.63, 3.8) is 0 Å². The van der Waals surface area contributed by atoms with Crippen molar-refractivity contribution in [3.8, 4) is 11.5 Å². The van der Waals surface area contributed by atoms with E-state index in [4.69, 9.17) is 19.7 Å². The van der Waals surface area contributed by atoms with Crippen LogP contribution < -0.4 is 9.47 Å². The minimum absolute atomic E-state index is 0.0480. The quantitative estimate of drug-likeness (QED) is 0.143. The molecule has 0 saturated heterocycles. The molecule has 1 unspecified atom stereocenters. The molecule has 0 amide bonds. The smallest absolute Gasteiger partial charge is 0.311 e. The van der Waals surface area contributed by atoms with Gasteiger partial charge < -0.3 is 19.7 Å². The van der Waals surface area contributed by atoms with E-state index in [9.17, 15) is 24.0 Å². The molecule has 226 valence electrons. The van der Waals surface area contributed by atoms with Crippen molar-refractivity contribution >= 4 is 29.7 Å². The first-order chi connectivity index (χ1) is 19.2. The Morgan fingerprint density at radius 2 is 1.44 bits per heavy atom. The molecule has 3 atom stereocenters. The number of aliphatic carboxylic acids is 2. The van der Waals surface area contributed by atoms with E-state index in [-0.39, 0.29) is 65.1 Å². The van der Waals surface area contributed by atoms with Gasteiger partial charge in [-0.25, -0.2) is 0 Å². The van der Waals surface area contributed by atoms with Crippen LogP contribution in [-0.4, -0.2) is 39.9 Å². The number of ether oxygens (including phenoxy) is 2. The van der Waals surface area contributed by atoms with Crippen LogP contribution in [0.1, 0.15) is 122 Å². The minimum atomic E-state index is -1.13. The fraction of sp³-hybridized carbons (Fsp3) is 0.656. The van der Waals surface area contributed by atoms with Crippen LogP contribution in [-0.2, 0) is 29.4 Å². The number of Topliss-reactive ketones (excluding diaryl/α,β-unsaturated/α-hetero) is 1. The molecule has 3 saturated carbocycles. The molecule has 0 spiro atoms. The molecule has 1 aromatic carbocycles. The van der Waals surface area contributed by atoms with Gasteiger partial charge in [0.15, 0.2) is 0 Å². The molecule has 3 fully saturated rings. The second-order valence-electron chi connectivity index (χ2n) is 12.8. The van der Waals surface area contributed by atoms with Crippen LogP contribution in [0.3, 0.4) is 0 Å². The lowest BCUT2D eigenvalue weighted by molar-refractivity contribution is -0.152. The number of rotatable bonds is 15. The summed E-state index contributed by atoms with van der Waals surface area (Å²) in [6.07, 6.45) is 4.49. The summed E-state index contributed by atoms with van der Waals surface area (Å²) < 4.78 is 11.6. The van der Waals surface area contributed by atoms with Crippen molar-refractivity contribution in [2.24, 2.45) is 17.3 Å². The fourth-order valence-corrected chi connectivity index (χ4v) is 6.42. The van der Waals surface area contributed by atoms with Gasteiger partial charge in [0.2, 0.25) is 0 Å². The number of carbonyl (C=O) groups is 5. The third kappa shape index (κ3) is 7.74. The van der Waals surface area contributed by atoms with Crippen LogP contribution in [0.25, 0.3) is 0 Å². The van der Waals surface area contributed by atoms with Crippen LogP contribution in [0.4, 0.5) is 0 Å². The Kier molecular flexibility index (Phi) is 10.4. The number of carbonyl (C=O) groups excluding carboxylic acids is 3. The molecule has 4 rings (SSSR count).